The van der Waals surface area contributed by atoms with E-state index >= 15 is 0 Å². The number of carbonyl (C=O) groups is 2. The van der Waals surface area contributed by atoms with Crippen molar-refractivity contribution < 1.29 is 9.59 Å². The first kappa shape index (κ1) is 17.2. The molecule has 116 valence electrons. The maximum absolute atomic E-state index is 12.4. The van der Waals surface area contributed by atoms with Gasteiger partial charge in [-0.1, -0.05) is 12.8 Å². The van der Waals surface area contributed by atoms with Crippen molar-refractivity contribution in [2.45, 2.75) is 57.5 Å². The Labute approximate surface area is 127 Å². The highest BCUT2D eigenvalue weighted by atomic mass is 35.5. The lowest BCUT2D eigenvalue weighted by molar-refractivity contribution is -0.130. The van der Waals surface area contributed by atoms with Gasteiger partial charge in [-0.3, -0.25) is 9.59 Å². The molecule has 2 rings (SSSR count). The minimum Gasteiger partial charge on any atom is -0.350 e. The van der Waals surface area contributed by atoms with Crippen LogP contribution in [-0.4, -0.2) is 37.0 Å². The van der Waals surface area contributed by atoms with E-state index in [0.29, 0.717) is 5.92 Å². The summed E-state index contributed by atoms with van der Waals surface area (Å²) in [6.45, 7) is 3.35. The molecular weight excluding hydrogens is 278 g/mol. The third-order valence-corrected chi connectivity index (χ3v) is 4.16. The molecule has 1 saturated heterocycles. The van der Waals surface area contributed by atoms with Gasteiger partial charge in [-0.15, -0.1) is 12.4 Å². The zero-order valence-electron chi connectivity index (χ0n) is 12.1. The first-order chi connectivity index (χ1) is 9.16. The van der Waals surface area contributed by atoms with Crippen molar-refractivity contribution in [3.8, 4) is 0 Å². The van der Waals surface area contributed by atoms with E-state index in [1.807, 2.05) is 0 Å². The predicted octanol–water partition coefficient (Wildman–Crippen LogP) is 0.971. The van der Waals surface area contributed by atoms with Gasteiger partial charge in [-0.2, -0.15) is 0 Å². The number of hydrogen-bond donors (Lipinski definition) is 3. The number of rotatable bonds is 4. The molecule has 6 heteroatoms. The van der Waals surface area contributed by atoms with Gasteiger partial charge in [-0.25, -0.2) is 0 Å². The van der Waals surface area contributed by atoms with Crippen molar-refractivity contribution in [2.24, 2.45) is 5.92 Å². The summed E-state index contributed by atoms with van der Waals surface area (Å²) in [6.07, 6.45) is 6.54. The lowest BCUT2D eigenvalue weighted by Gasteiger charge is -2.28. The molecule has 0 bridgehead atoms. The number of nitrogens with one attached hydrogen (secondary N) is 3. The molecule has 0 aromatic heterocycles. The van der Waals surface area contributed by atoms with Crippen LogP contribution in [0.3, 0.4) is 0 Å². The molecular formula is C14H26ClN3O2. The zero-order valence-corrected chi connectivity index (χ0v) is 12.9. The normalized spacial score (nSPS) is 24.6. The molecule has 1 saturated carbocycles. The standard InChI is InChI=1S/C14H25N3O2.ClH/c1-10(18)16-13(11-5-2-3-6-11)14(19)17-12-7-4-8-15-9-12;/h11-13,15H,2-9H2,1H3,(H,16,18)(H,17,19);1H. The third-order valence-electron chi connectivity index (χ3n) is 4.16. The summed E-state index contributed by atoms with van der Waals surface area (Å²) in [5.74, 6) is 0.185. The summed E-state index contributed by atoms with van der Waals surface area (Å²) < 4.78 is 0. The van der Waals surface area contributed by atoms with Crippen LogP contribution < -0.4 is 16.0 Å². The summed E-state index contributed by atoms with van der Waals surface area (Å²) in [5.41, 5.74) is 0. The van der Waals surface area contributed by atoms with E-state index in [-0.39, 0.29) is 36.3 Å². The SMILES string of the molecule is CC(=O)NC(C(=O)NC1CCCNC1)C1CCCC1.Cl. The molecule has 2 fully saturated rings. The Kier molecular flexibility index (Phi) is 7.30. The van der Waals surface area contributed by atoms with Crippen LogP contribution in [0.15, 0.2) is 0 Å². The molecule has 0 aromatic carbocycles. The van der Waals surface area contributed by atoms with Gasteiger partial charge in [0.15, 0.2) is 0 Å². The highest BCUT2D eigenvalue weighted by Gasteiger charge is 2.32. The van der Waals surface area contributed by atoms with Gasteiger partial charge in [0.2, 0.25) is 11.8 Å². The quantitative estimate of drug-likeness (QED) is 0.725. The molecule has 1 aliphatic heterocycles. The van der Waals surface area contributed by atoms with E-state index < -0.39 is 0 Å². The van der Waals surface area contributed by atoms with Crippen LogP contribution >= 0.6 is 12.4 Å². The summed E-state index contributed by atoms with van der Waals surface area (Å²) in [4.78, 5) is 23.7. The molecule has 0 aromatic rings. The lowest BCUT2D eigenvalue weighted by Crippen LogP contribution is -2.55. The number of carbonyl (C=O) groups excluding carboxylic acids is 2. The second kappa shape index (κ2) is 8.47. The second-order valence-corrected chi connectivity index (χ2v) is 5.77. The van der Waals surface area contributed by atoms with Gasteiger partial charge in [0, 0.05) is 19.5 Å². The Balaban J connectivity index is 0.00000200. The molecule has 2 amide bonds. The molecule has 2 unspecified atom stereocenters. The average molecular weight is 304 g/mol. The minimum absolute atomic E-state index is 0. The molecule has 2 aliphatic rings. The summed E-state index contributed by atoms with van der Waals surface area (Å²) >= 11 is 0. The third kappa shape index (κ3) is 4.94. The molecule has 0 spiro atoms. The van der Waals surface area contributed by atoms with Crippen LogP contribution in [0.25, 0.3) is 0 Å². The Morgan fingerprint density at radius 3 is 2.40 bits per heavy atom. The molecule has 1 heterocycles. The first-order valence-corrected chi connectivity index (χ1v) is 7.45. The van der Waals surface area contributed by atoms with Crippen molar-refractivity contribution >= 4 is 24.2 Å². The molecule has 2 atom stereocenters. The topological polar surface area (TPSA) is 70.2 Å². The second-order valence-electron chi connectivity index (χ2n) is 5.77. The fourth-order valence-electron chi connectivity index (χ4n) is 3.17. The van der Waals surface area contributed by atoms with Crippen molar-refractivity contribution in [1.82, 2.24) is 16.0 Å². The summed E-state index contributed by atoms with van der Waals surface area (Å²) in [5, 5.41) is 9.21. The largest absolute Gasteiger partial charge is 0.350 e. The maximum atomic E-state index is 12.4. The molecule has 1 aliphatic carbocycles. The van der Waals surface area contributed by atoms with Crippen molar-refractivity contribution in [3.05, 3.63) is 0 Å². The van der Waals surface area contributed by atoms with E-state index in [1.165, 1.54) is 19.8 Å². The van der Waals surface area contributed by atoms with E-state index in [4.69, 9.17) is 0 Å². The Hall–Kier alpha value is -0.810. The van der Waals surface area contributed by atoms with E-state index in [2.05, 4.69) is 16.0 Å². The van der Waals surface area contributed by atoms with Gasteiger partial charge in [-0.05, 0) is 38.1 Å². The Morgan fingerprint density at radius 2 is 1.85 bits per heavy atom. The highest BCUT2D eigenvalue weighted by molar-refractivity contribution is 5.87. The molecule has 5 nitrogen and oxygen atoms in total. The average Bonchev–Trinajstić information content (AvgIpc) is 2.90. The van der Waals surface area contributed by atoms with Crippen LogP contribution in [-0.2, 0) is 9.59 Å². The van der Waals surface area contributed by atoms with Crippen LogP contribution in [0.5, 0.6) is 0 Å². The van der Waals surface area contributed by atoms with E-state index in [0.717, 1.165) is 38.8 Å². The number of piperidine rings is 1. The first-order valence-electron chi connectivity index (χ1n) is 7.45. The summed E-state index contributed by atoms with van der Waals surface area (Å²) in [7, 11) is 0. The van der Waals surface area contributed by atoms with Gasteiger partial charge >= 0.3 is 0 Å². The van der Waals surface area contributed by atoms with Crippen molar-refractivity contribution in [3.63, 3.8) is 0 Å². The van der Waals surface area contributed by atoms with Gasteiger partial charge in [0.1, 0.15) is 6.04 Å². The molecule has 3 N–H and O–H groups in total. The van der Waals surface area contributed by atoms with Crippen LogP contribution in [0, 0.1) is 5.92 Å². The number of hydrogen-bond acceptors (Lipinski definition) is 3. The zero-order chi connectivity index (χ0) is 13.7. The number of halogens is 1. The van der Waals surface area contributed by atoms with Gasteiger partial charge < -0.3 is 16.0 Å². The fraction of sp³-hybridized carbons (Fsp3) is 0.857. The summed E-state index contributed by atoms with van der Waals surface area (Å²) in [6, 6.07) is -0.138. The fourth-order valence-corrected chi connectivity index (χ4v) is 3.17. The monoisotopic (exact) mass is 303 g/mol. The van der Waals surface area contributed by atoms with Crippen LogP contribution in [0.1, 0.15) is 45.4 Å². The highest BCUT2D eigenvalue weighted by Crippen LogP contribution is 2.28. The smallest absolute Gasteiger partial charge is 0.243 e. The van der Waals surface area contributed by atoms with Crippen molar-refractivity contribution in [2.75, 3.05) is 13.1 Å². The van der Waals surface area contributed by atoms with E-state index in [9.17, 15) is 9.59 Å². The number of amides is 2. The van der Waals surface area contributed by atoms with Crippen LogP contribution in [0.2, 0.25) is 0 Å². The van der Waals surface area contributed by atoms with Crippen LogP contribution in [0.4, 0.5) is 0 Å². The van der Waals surface area contributed by atoms with E-state index in [1.54, 1.807) is 0 Å². The molecule has 0 radical (unpaired) electrons. The molecule has 20 heavy (non-hydrogen) atoms. The lowest BCUT2D eigenvalue weighted by atomic mass is 9.96. The minimum atomic E-state index is -0.345. The Morgan fingerprint density at radius 1 is 1.15 bits per heavy atom. The predicted molar refractivity (Wildman–Crippen MR) is 80.8 cm³/mol. The van der Waals surface area contributed by atoms with Crippen molar-refractivity contribution in [1.29, 1.82) is 0 Å². The van der Waals surface area contributed by atoms with Gasteiger partial charge in [0.05, 0.1) is 0 Å². The van der Waals surface area contributed by atoms with Gasteiger partial charge in [0.25, 0.3) is 0 Å². The Bertz CT molecular complexity index is 326. The maximum Gasteiger partial charge on any atom is 0.243 e.